The molecule has 2 amide bonds. The van der Waals surface area contributed by atoms with Gasteiger partial charge < -0.3 is 16.0 Å². The molecule has 1 fully saturated rings. The number of hydrogen-bond donors (Lipinski definition) is 2. The first-order valence-electron chi connectivity index (χ1n) is 6.88. The van der Waals surface area contributed by atoms with E-state index in [0.717, 1.165) is 38.8 Å². The van der Waals surface area contributed by atoms with Crippen molar-refractivity contribution in [3.05, 3.63) is 0 Å². The van der Waals surface area contributed by atoms with Crippen LogP contribution in [0.5, 0.6) is 0 Å². The van der Waals surface area contributed by atoms with Gasteiger partial charge in [-0.25, -0.2) is 0 Å². The normalized spacial score (nSPS) is 18.5. The molecule has 0 aromatic rings. The summed E-state index contributed by atoms with van der Waals surface area (Å²) in [5.74, 6) is -0.110. The first-order valence-corrected chi connectivity index (χ1v) is 6.88. The second-order valence-electron chi connectivity index (χ2n) is 5.07. The molecule has 104 valence electrons. The van der Waals surface area contributed by atoms with Crippen molar-refractivity contribution in [1.29, 1.82) is 0 Å². The van der Waals surface area contributed by atoms with E-state index in [1.54, 1.807) is 6.92 Å². The summed E-state index contributed by atoms with van der Waals surface area (Å²) < 4.78 is 0. The lowest BCUT2D eigenvalue weighted by Gasteiger charge is -2.21. The average molecular weight is 255 g/mol. The van der Waals surface area contributed by atoms with E-state index in [-0.39, 0.29) is 17.9 Å². The van der Waals surface area contributed by atoms with E-state index in [1.807, 2.05) is 11.8 Å². The molecule has 18 heavy (non-hydrogen) atoms. The summed E-state index contributed by atoms with van der Waals surface area (Å²) in [6.07, 6.45) is 4.23. The number of likely N-dealkylation sites (tertiary alicyclic amines) is 1. The van der Waals surface area contributed by atoms with Crippen LogP contribution < -0.4 is 11.1 Å². The van der Waals surface area contributed by atoms with Gasteiger partial charge in [0, 0.05) is 25.6 Å². The zero-order valence-electron chi connectivity index (χ0n) is 11.4. The number of carbonyl (C=O) groups is 2. The number of rotatable bonds is 6. The molecule has 0 spiro atoms. The van der Waals surface area contributed by atoms with Crippen LogP contribution in [0.4, 0.5) is 0 Å². The second kappa shape index (κ2) is 7.36. The first kappa shape index (κ1) is 15.0. The lowest BCUT2D eigenvalue weighted by Crippen LogP contribution is -2.47. The Bertz CT molecular complexity index is 288. The molecule has 1 aliphatic rings. The first-order chi connectivity index (χ1) is 8.54. The van der Waals surface area contributed by atoms with Crippen molar-refractivity contribution >= 4 is 11.8 Å². The highest BCUT2D eigenvalue weighted by Gasteiger charge is 2.24. The van der Waals surface area contributed by atoms with Crippen LogP contribution in [0.2, 0.25) is 0 Å². The Morgan fingerprint density at radius 2 is 1.94 bits per heavy atom. The maximum atomic E-state index is 12.0. The lowest BCUT2D eigenvalue weighted by molar-refractivity contribution is -0.135. The van der Waals surface area contributed by atoms with Crippen LogP contribution in [0.15, 0.2) is 0 Å². The van der Waals surface area contributed by atoms with Gasteiger partial charge in [-0.1, -0.05) is 13.3 Å². The van der Waals surface area contributed by atoms with Crippen molar-refractivity contribution in [2.75, 3.05) is 13.1 Å². The molecule has 1 aliphatic heterocycles. The van der Waals surface area contributed by atoms with Crippen molar-refractivity contribution in [3.8, 4) is 0 Å². The summed E-state index contributed by atoms with van der Waals surface area (Å²) in [7, 11) is 0. The van der Waals surface area contributed by atoms with Gasteiger partial charge in [-0.15, -0.1) is 0 Å². The molecule has 1 saturated heterocycles. The van der Waals surface area contributed by atoms with Crippen molar-refractivity contribution in [3.63, 3.8) is 0 Å². The number of amides is 2. The Kier molecular flexibility index (Phi) is 6.12. The van der Waals surface area contributed by atoms with Gasteiger partial charge in [0.1, 0.15) is 6.04 Å². The average Bonchev–Trinajstić information content (AvgIpc) is 2.81. The van der Waals surface area contributed by atoms with Crippen molar-refractivity contribution in [2.24, 2.45) is 5.73 Å². The highest BCUT2D eigenvalue weighted by Crippen LogP contribution is 2.09. The van der Waals surface area contributed by atoms with E-state index in [2.05, 4.69) is 5.32 Å². The quantitative estimate of drug-likeness (QED) is 0.731. The molecule has 2 unspecified atom stereocenters. The minimum atomic E-state index is -0.440. The number of nitrogens with one attached hydrogen (secondary N) is 1. The lowest BCUT2D eigenvalue weighted by atomic mass is 10.1. The predicted octanol–water partition coefficient (Wildman–Crippen LogP) is 0.631. The fourth-order valence-electron chi connectivity index (χ4n) is 2.28. The third kappa shape index (κ3) is 4.64. The van der Waals surface area contributed by atoms with Crippen molar-refractivity contribution in [1.82, 2.24) is 10.2 Å². The van der Waals surface area contributed by atoms with E-state index in [9.17, 15) is 9.59 Å². The largest absolute Gasteiger partial charge is 0.345 e. The van der Waals surface area contributed by atoms with Crippen molar-refractivity contribution in [2.45, 2.75) is 58.0 Å². The molecule has 3 N–H and O–H groups in total. The Hall–Kier alpha value is -1.10. The maximum absolute atomic E-state index is 12.0. The molecule has 0 aliphatic carbocycles. The van der Waals surface area contributed by atoms with Gasteiger partial charge in [-0.3, -0.25) is 9.59 Å². The van der Waals surface area contributed by atoms with Crippen LogP contribution >= 0.6 is 0 Å². The monoisotopic (exact) mass is 255 g/mol. The summed E-state index contributed by atoms with van der Waals surface area (Å²) in [5.41, 5.74) is 5.80. The van der Waals surface area contributed by atoms with Gasteiger partial charge in [0.05, 0.1) is 0 Å². The standard InChI is InChI=1S/C13H25N3O2/c1-3-6-11(14)9-12(17)15-10(2)13(18)16-7-4-5-8-16/h10-11H,3-9,14H2,1-2H3,(H,15,17). The molecule has 0 saturated carbocycles. The summed E-state index contributed by atoms with van der Waals surface area (Å²) in [4.78, 5) is 25.5. The molecule has 5 heteroatoms. The molecular weight excluding hydrogens is 230 g/mol. The molecule has 1 heterocycles. The number of nitrogens with two attached hydrogens (primary N) is 1. The third-order valence-electron chi connectivity index (χ3n) is 3.27. The van der Waals surface area contributed by atoms with Crippen LogP contribution in [0.3, 0.4) is 0 Å². The summed E-state index contributed by atoms with van der Waals surface area (Å²) in [5, 5.41) is 2.74. The van der Waals surface area contributed by atoms with E-state index in [0.29, 0.717) is 6.42 Å². The van der Waals surface area contributed by atoms with E-state index in [4.69, 9.17) is 5.73 Å². The second-order valence-corrected chi connectivity index (χ2v) is 5.07. The SMILES string of the molecule is CCCC(N)CC(=O)NC(C)C(=O)N1CCCC1. The van der Waals surface area contributed by atoms with E-state index >= 15 is 0 Å². The number of carbonyl (C=O) groups excluding carboxylic acids is 2. The minimum Gasteiger partial charge on any atom is -0.345 e. The maximum Gasteiger partial charge on any atom is 0.244 e. The molecule has 0 aromatic carbocycles. The molecule has 2 atom stereocenters. The van der Waals surface area contributed by atoms with Gasteiger partial charge in [0.15, 0.2) is 0 Å². The van der Waals surface area contributed by atoms with Gasteiger partial charge in [-0.05, 0) is 26.2 Å². The van der Waals surface area contributed by atoms with Crippen LogP contribution in [0.25, 0.3) is 0 Å². The topological polar surface area (TPSA) is 75.4 Å². The Morgan fingerprint density at radius 1 is 1.33 bits per heavy atom. The van der Waals surface area contributed by atoms with Crippen LogP contribution in [0.1, 0.15) is 46.0 Å². The van der Waals surface area contributed by atoms with Crippen LogP contribution in [-0.2, 0) is 9.59 Å². The highest BCUT2D eigenvalue weighted by molar-refractivity contribution is 5.87. The summed E-state index contributed by atoms with van der Waals surface area (Å²) in [6.45, 7) is 5.41. The molecule has 0 bridgehead atoms. The van der Waals surface area contributed by atoms with E-state index < -0.39 is 6.04 Å². The predicted molar refractivity (Wildman–Crippen MR) is 70.9 cm³/mol. The minimum absolute atomic E-state index is 0.0184. The van der Waals surface area contributed by atoms with Crippen LogP contribution in [-0.4, -0.2) is 41.9 Å². The Labute approximate surface area is 109 Å². The summed E-state index contributed by atoms with van der Waals surface area (Å²) in [6, 6.07) is -0.548. The van der Waals surface area contributed by atoms with Crippen LogP contribution in [0, 0.1) is 0 Å². The van der Waals surface area contributed by atoms with Crippen molar-refractivity contribution < 1.29 is 9.59 Å². The number of hydrogen-bond acceptors (Lipinski definition) is 3. The Balaban J connectivity index is 2.31. The van der Waals surface area contributed by atoms with Gasteiger partial charge >= 0.3 is 0 Å². The summed E-state index contributed by atoms with van der Waals surface area (Å²) >= 11 is 0. The Morgan fingerprint density at radius 3 is 2.50 bits per heavy atom. The van der Waals surface area contributed by atoms with E-state index in [1.165, 1.54) is 0 Å². The fraction of sp³-hybridized carbons (Fsp3) is 0.846. The molecule has 1 rings (SSSR count). The van der Waals surface area contributed by atoms with Gasteiger partial charge in [0.25, 0.3) is 0 Å². The smallest absolute Gasteiger partial charge is 0.244 e. The van der Waals surface area contributed by atoms with Gasteiger partial charge in [-0.2, -0.15) is 0 Å². The fourth-order valence-corrected chi connectivity index (χ4v) is 2.28. The molecule has 5 nitrogen and oxygen atoms in total. The molecular formula is C13H25N3O2. The zero-order valence-corrected chi connectivity index (χ0v) is 11.4. The molecule has 0 aromatic heterocycles. The van der Waals surface area contributed by atoms with Gasteiger partial charge in [0.2, 0.25) is 11.8 Å². The highest BCUT2D eigenvalue weighted by atomic mass is 16.2. The number of nitrogens with zero attached hydrogens (tertiary/aromatic N) is 1. The third-order valence-corrected chi connectivity index (χ3v) is 3.27. The molecule has 0 radical (unpaired) electrons. The zero-order chi connectivity index (χ0) is 13.5.